The summed E-state index contributed by atoms with van der Waals surface area (Å²) in [5.74, 6) is 0. The lowest BCUT2D eigenvalue weighted by molar-refractivity contribution is 0.637. The van der Waals surface area contributed by atoms with Crippen molar-refractivity contribution in [3.63, 3.8) is 0 Å². The van der Waals surface area contributed by atoms with E-state index in [4.69, 9.17) is 0 Å². The summed E-state index contributed by atoms with van der Waals surface area (Å²) in [6.45, 7) is 4.31. The van der Waals surface area contributed by atoms with E-state index in [-0.39, 0.29) is 0 Å². The van der Waals surface area contributed by atoms with E-state index in [1.165, 1.54) is 24.9 Å². The smallest absolute Gasteiger partial charge is 0.0393 e. The maximum absolute atomic E-state index is 4.20. The molecule has 15 heavy (non-hydrogen) atoms. The average molecular weight is 205 g/mol. The van der Waals surface area contributed by atoms with E-state index in [0.717, 1.165) is 18.8 Å². The fourth-order valence-corrected chi connectivity index (χ4v) is 2.03. The molecule has 1 aliphatic rings. The molecule has 0 aliphatic carbocycles. The Morgan fingerprint density at radius 1 is 1.40 bits per heavy atom. The molecule has 82 valence electrons. The van der Waals surface area contributed by atoms with Crippen LogP contribution < -0.4 is 10.6 Å². The standard InChI is InChI=1S/C12H19N3/c1-10-9-12(5-8-14-10)15-11-3-2-6-13-7-4-11/h5,8-9,11,13H,2-4,6-7H2,1H3,(H,14,15). The zero-order valence-corrected chi connectivity index (χ0v) is 9.29. The van der Waals surface area contributed by atoms with E-state index >= 15 is 0 Å². The van der Waals surface area contributed by atoms with Gasteiger partial charge in [-0.2, -0.15) is 0 Å². The zero-order valence-electron chi connectivity index (χ0n) is 9.29. The highest BCUT2D eigenvalue weighted by atomic mass is 14.9. The second-order valence-electron chi connectivity index (χ2n) is 4.21. The van der Waals surface area contributed by atoms with Crippen LogP contribution >= 0.6 is 0 Å². The minimum Gasteiger partial charge on any atom is -0.382 e. The van der Waals surface area contributed by atoms with Gasteiger partial charge in [-0.15, -0.1) is 0 Å². The first-order valence-corrected chi connectivity index (χ1v) is 5.74. The molecule has 2 heterocycles. The summed E-state index contributed by atoms with van der Waals surface area (Å²) in [4.78, 5) is 4.20. The maximum atomic E-state index is 4.20. The average Bonchev–Trinajstić information content (AvgIpc) is 2.46. The molecule has 0 saturated carbocycles. The Morgan fingerprint density at radius 2 is 2.33 bits per heavy atom. The van der Waals surface area contributed by atoms with Gasteiger partial charge in [0.15, 0.2) is 0 Å². The van der Waals surface area contributed by atoms with Gasteiger partial charge in [0.25, 0.3) is 0 Å². The van der Waals surface area contributed by atoms with Gasteiger partial charge in [0.1, 0.15) is 0 Å². The third kappa shape index (κ3) is 3.20. The van der Waals surface area contributed by atoms with Crippen molar-refractivity contribution in [1.29, 1.82) is 0 Å². The van der Waals surface area contributed by atoms with Gasteiger partial charge >= 0.3 is 0 Å². The van der Waals surface area contributed by atoms with Crippen LogP contribution in [-0.2, 0) is 0 Å². The summed E-state index contributed by atoms with van der Waals surface area (Å²) in [5.41, 5.74) is 2.28. The summed E-state index contributed by atoms with van der Waals surface area (Å²) in [6, 6.07) is 4.77. The largest absolute Gasteiger partial charge is 0.382 e. The minimum atomic E-state index is 0.613. The van der Waals surface area contributed by atoms with Crippen LogP contribution in [0.4, 0.5) is 5.69 Å². The van der Waals surface area contributed by atoms with E-state index in [1.807, 2.05) is 19.2 Å². The summed E-state index contributed by atoms with van der Waals surface area (Å²) in [7, 11) is 0. The Hall–Kier alpha value is -1.09. The third-order valence-corrected chi connectivity index (χ3v) is 2.84. The lowest BCUT2D eigenvalue weighted by Gasteiger charge is -2.17. The zero-order chi connectivity index (χ0) is 10.5. The Morgan fingerprint density at radius 3 is 3.20 bits per heavy atom. The first kappa shape index (κ1) is 10.4. The fraction of sp³-hybridized carbons (Fsp3) is 0.583. The van der Waals surface area contributed by atoms with Crippen molar-refractivity contribution in [2.24, 2.45) is 0 Å². The third-order valence-electron chi connectivity index (χ3n) is 2.84. The van der Waals surface area contributed by atoms with Crippen molar-refractivity contribution in [2.45, 2.75) is 32.2 Å². The van der Waals surface area contributed by atoms with Gasteiger partial charge in [-0.3, -0.25) is 4.98 Å². The quantitative estimate of drug-likeness (QED) is 0.775. The highest BCUT2D eigenvalue weighted by molar-refractivity contribution is 5.43. The predicted octanol–water partition coefficient (Wildman–Crippen LogP) is 1.94. The highest BCUT2D eigenvalue weighted by Crippen LogP contribution is 2.14. The molecular formula is C12H19N3. The number of aryl methyl sites for hydroxylation is 1. The van der Waals surface area contributed by atoms with Crippen molar-refractivity contribution < 1.29 is 0 Å². The van der Waals surface area contributed by atoms with Crippen molar-refractivity contribution >= 4 is 5.69 Å². The first-order chi connectivity index (χ1) is 7.34. The number of rotatable bonds is 2. The van der Waals surface area contributed by atoms with E-state index in [0.29, 0.717) is 6.04 Å². The van der Waals surface area contributed by atoms with E-state index in [1.54, 1.807) is 0 Å². The summed E-state index contributed by atoms with van der Waals surface area (Å²) >= 11 is 0. The summed E-state index contributed by atoms with van der Waals surface area (Å²) in [6.07, 6.45) is 5.60. The molecule has 1 saturated heterocycles. The molecule has 2 rings (SSSR count). The molecule has 3 heteroatoms. The Labute approximate surface area is 91.3 Å². The molecule has 2 N–H and O–H groups in total. The molecule has 1 aliphatic heterocycles. The van der Waals surface area contributed by atoms with Gasteiger partial charge in [-0.25, -0.2) is 0 Å². The van der Waals surface area contributed by atoms with Crippen molar-refractivity contribution in [2.75, 3.05) is 18.4 Å². The maximum Gasteiger partial charge on any atom is 0.0393 e. The monoisotopic (exact) mass is 205 g/mol. The number of pyridine rings is 1. The number of hydrogen-bond acceptors (Lipinski definition) is 3. The lowest BCUT2D eigenvalue weighted by atomic mass is 10.1. The number of aromatic nitrogens is 1. The topological polar surface area (TPSA) is 37.0 Å². The van der Waals surface area contributed by atoms with Gasteiger partial charge in [0.05, 0.1) is 0 Å². The van der Waals surface area contributed by atoms with Crippen LogP contribution in [0.5, 0.6) is 0 Å². The van der Waals surface area contributed by atoms with Crippen LogP contribution in [0.3, 0.4) is 0 Å². The van der Waals surface area contributed by atoms with Gasteiger partial charge in [-0.1, -0.05) is 0 Å². The van der Waals surface area contributed by atoms with Crippen LogP contribution in [0.15, 0.2) is 18.3 Å². The van der Waals surface area contributed by atoms with E-state index in [9.17, 15) is 0 Å². The van der Waals surface area contributed by atoms with Gasteiger partial charge in [0, 0.05) is 23.6 Å². The molecule has 0 spiro atoms. The highest BCUT2D eigenvalue weighted by Gasteiger charge is 2.11. The molecule has 1 unspecified atom stereocenters. The molecule has 1 fully saturated rings. The van der Waals surface area contributed by atoms with Crippen LogP contribution in [0.25, 0.3) is 0 Å². The van der Waals surface area contributed by atoms with Crippen molar-refractivity contribution in [3.8, 4) is 0 Å². The number of anilines is 1. The van der Waals surface area contributed by atoms with Crippen LogP contribution in [0.2, 0.25) is 0 Å². The van der Waals surface area contributed by atoms with E-state index in [2.05, 4.69) is 21.7 Å². The Bertz CT molecular complexity index is 303. The molecule has 1 aromatic rings. The molecule has 1 atom stereocenters. The molecule has 1 aromatic heterocycles. The first-order valence-electron chi connectivity index (χ1n) is 5.74. The van der Waals surface area contributed by atoms with Gasteiger partial charge in [0.2, 0.25) is 0 Å². The van der Waals surface area contributed by atoms with E-state index < -0.39 is 0 Å². The second kappa shape index (κ2) is 5.12. The van der Waals surface area contributed by atoms with Gasteiger partial charge in [-0.05, 0) is 51.4 Å². The van der Waals surface area contributed by atoms with Crippen LogP contribution in [0.1, 0.15) is 25.0 Å². The SMILES string of the molecule is Cc1cc(NC2CCCNCC2)ccn1. The molecule has 3 nitrogen and oxygen atoms in total. The summed E-state index contributed by atoms with van der Waals surface area (Å²) < 4.78 is 0. The predicted molar refractivity (Wildman–Crippen MR) is 63.1 cm³/mol. The molecule has 0 bridgehead atoms. The van der Waals surface area contributed by atoms with Gasteiger partial charge < -0.3 is 10.6 Å². The summed E-state index contributed by atoms with van der Waals surface area (Å²) in [5, 5.41) is 7.00. The number of nitrogens with one attached hydrogen (secondary N) is 2. The van der Waals surface area contributed by atoms with Crippen molar-refractivity contribution in [3.05, 3.63) is 24.0 Å². The minimum absolute atomic E-state index is 0.613. The molecule has 0 radical (unpaired) electrons. The Kier molecular flexibility index (Phi) is 3.56. The van der Waals surface area contributed by atoms with Crippen LogP contribution in [0, 0.1) is 6.92 Å². The molecule has 0 amide bonds. The normalized spacial score (nSPS) is 22.1. The molecule has 0 aromatic carbocycles. The molecular weight excluding hydrogens is 186 g/mol. The lowest BCUT2D eigenvalue weighted by Crippen LogP contribution is -2.21. The van der Waals surface area contributed by atoms with Crippen molar-refractivity contribution in [1.82, 2.24) is 10.3 Å². The second-order valence-corrected chi connectivity index (χ2v) is 4.21. The Balaban J connectivity index is 1.95. The van der Waals surface area contributed by atoms with Crippen LogP contribution in [-0.4, -0.2) is 24.1 Å². The fourth-order valence-electron chi connectivity index (χ4n) is 2.03. The number of hydrogen-bond donors (Lipinski definition) is 2. The number of nitrogens with zero attached hydrogens (tertiary/aromatic N) is 1.